The maximum absolute atomic E-state index is 12.5. The molecule has 0 unspecified atom stereocenters. The monoisotopic (exact) mass is 379 g/mol. The molecule has 2 aromatic heterocycles. The summed E-state index contributed by atoms with van der Waals surface area (Å²) in [5.74, 6) is 1.04. The molecule has 1 amide bonds. The normalized spacial score (nSPS) is 14.7. The van der Waals surface area contributed by atoms with Gasteiger partial charge in [-0.05, 0) is 29.6 Å². The third-order valence-electron chi connectivity index (χ3n) is 3.90. The van der Waals surface area contributed by atoms with Crippen molar-refractivity contribution in [3.8, 4) is 11.4 Å². The van der Waals surface area contributed by atoms with Crippen LogP contribution in [0.5, 0.6) is 0 Å². The number of amides is 1. The van der Waals surface area contributed by atoms with Crippen molar-refractivity contribution >= 4 is 40.4 Å². The molecule has 24 heavy (non-hydrogen) atoms. The van der Waals surface area contributed by atoms with Crippen LogP contribution in [0.15, 0.2) is 39.5 Å². The minimum absolute atomic E-state index is 0.0480. The van der Waals surface area contributed by atoms with Gasteiger partial charge in [-0.2, -0.15) is 16.3 Å². The van der Waals surface area contributed by atoms with E-state index >= 15 is 0 Å². The number of halogens is 2. The van der Waals surface area contributed by atoms with E-state index in [-0.39, 0.29) is 11.8 Å². The Hall–Kier alpha value is -1.89. The van der Waals surface area contributed by atoms with Gasteiger partial charge in [-0.1, -0.05) is 28.4 Å². The summed E-state index contributed by atoms with van der Waals surface area (Å²) in [7, 11) is 0. The predicted octanol–water partition coefficient (Wildman–Crippen LogP) is 4.34. The molecule has 0 bridgehead atoms. The molecule has 4 rings (SSSR count). The maximum Gasteiger partial charge on any atom is 0.255 e. The van der Waals surface area contributed by atoms with Gasteiger partial charge in [0.2, 0.25) is 11.7 Å². The summed E-state index contributed by atoms with van der Waals surface area (Å²) < 4.78 is 5.33. The van der Waals surface area contributed by atoms with Crippen molar-refractivity contribution in [1.82, 2.24) is 15.0 Å². The highest BCUT2D eigenvalue weighted by molar-refractivity contribution is 7.08. The van der Waals surface area contributed by atoms with Gasteiger partial charge >= 0.3 is 0 Å². The molecule has 5 nitrogen and oxygen atoms in total. The van der Waals surface area contributed by atoms with Crippen molar-refractivity contribution in [3.63, 3.8) is 0 Å². The molecule has 122 valence electrons. The van der Waals surface area contributed by atoms with E-state index in [0.717, 1.165) is 5.56 Å². The van der Waals surface area contributed by atoms with Crippen molar-refractivity contribution < 1.29 is 9.32 Å². The van der Waals surface area contributed by atoms with Crippen LogP contribution in [0.1, 0.15) is 22.2 Å². The van der Waals surface area contributed by atoms with Crippen LogP contribution >= 0.6 is 34.5 Å². The molecule has 0 saturated carbocycles. The second-order valence-corrected chi connectivity index (χ2v) is 7.12. The fourth-order valence-electron chi connectivity index (χ4n) is 2.54. The number of thiophene rings is 1. The summed E-state index contributed by atoms with van der Waals surface area (Å²) >= 11 is 13.6. The van der Waals surface area contributed by atoms with Gasteiger partial charge in [0.15, 0.2) is 0 Å². The zero-order chi connectivity index (χ0) is 16.7. The molecule has 1 fully saturated rings. The van der Waals surface area contributed by atoms with E-state index in [2.05, 4.69) is 10.1 Å². The Balaban J connectivity index is 1.45. The Morgan fingerprint density at radius 1 is 1.29 bits per heavy atom. The fourth-order valence-corrected chi connectivity index (χ4v) is 3.55. The largest absolute Gasteiger partial charge is 0.339 e. The molecule has 1 aromatic carbocycles. The van der Waals surface area contributed by atoms with E-state index in [9.17, 15) is 4.79 Å². The lowest BCUT2D eigenvalue weighted by Gasteiger charge is -2.37. The van der Waals surface area contributed by atoms with Crippen LogP contribution in [0.2, 0.25) is 10.0 Å². The Morgan fingerprint density at radius 2 is 2.12 bits per heavy atom. The molecule has 1 aliphatic rings. The molecule has 0 aliphatic carbocycles. The topological polar surface area (TPSA) is 59.2 Å². The SMILES string of the molecule is O=C(c1cc(Cl)ccc1Cl)N1CC(c2nc(-c3ccsc3)no2)C1. The van der Waals surface area contributed by atoms with E-state index in [0.29, 0.717) is 40.4 Å². The minimum Gasteiger partial charge on any atom is -0.339 e. The van der Waals surface area contributed by atoms with E-state index < -0.39 is 0 Å². The van der Waals surface area contributed by atoms with Crippen LogP contribution in [0, 0.1) is 0 Å². The van der Waals surface area contributed by atoms with Crippen molar-refractivity contribution in [2.24, 2.45) is 0 Å². The lowest BCUT2D eigenvalue weighted by molar-refractivity contribution is 0.0569. The summed E-state index contributed by atoms with van der Waals surface area (Å²) in [6.07, 6.45) is 0. The van der Waals surface area contributed by atoms with Gasteiger partial charge in [0.05, 0.1) is 16.5 Å². The van der Waals surface area contributed by atoms with Crippen LogP contribution in [0.3, 0.4) is 0 Å². The van der Waals surface area contributed by atoms with E-state index in [4.69, 9.17) is 27.7 Å². The predicted molar refractivity (Wildman–Crippen MR) is 92.7 cm³/mol. The average molecular weight is 380 g/mol. The summed E-state index contributed by atoms with van der Waals surface area (Å²) in [6, 6.07) is 6.81. The maximum atomic E-state index is 12.5. The van der Waals surface area contributed by atoms with E-state index in [1.165, 1.54) is 0 Å². The first-order chi connectivity index (χ1) is 11.6. The van der Waals surface area contributed by atoms with Gasteiger partial charge in [-0.15, -0.1) is 0 Å². The molecule has 0 radical (unpaired) electrons. The van der Waals surface area contributed by atoms with Gasteiger partial charge in [-0.25, -0.2) is 0 Å². The molecule has 3 heterocycles. The van der Waals surface area contributed by atoms with Crippen molar-refractivity contribution in [3.05, 3.63) is 56.5 Å². The zero-order valence-corrected chi connectivity index (χ0v) is 14.6. The number of carbonyl (C=O) groups excluding carboxylic acids is 1. The van der Waals surface area contributed by atoms with Crippen molar-refractivity contribution in [1.29, 1.82) is 0 Å². The van der Waals surface area contributed by atoms with Crippen LogP contribution in [0.25, 0.3) is 11.4 Å². The third-order valence-corrected chi connectivity index (χ3v) is 5.15. The van der Waals surface area contributed by atoms with Crippen molar-refractivity contribution in [2.75, 3.05) is 13.1 Å². The van der Waals surface area contributed by atoms with Gasteiger partial charge in [0, 0.05) is 29.1 Å². The number of likely N-dealkylation sites (tertiary alicyclic amines) is 1. The highest BCUT2D eigenvalue weighted by Crippen LogP contribution is 2.31. The highest BCUT2D eigenvalue weighted by Gasteiger charge is 2.36. The number of rotatable bonds is 3. The minimum atomic E-state index is -0.142. The standard InChI is InChI=1S/C16H11Cl2N3O2S/c17-11-1-2-13(18)12(5-11)16(22)21-6-10(7-21)15-19-14(20-23-15)9-3-4-24-8-9/h1-5,8,10H,6-7H2. The Morgan fingerprint density at radius 3 is 2.88 bits per heavy atom. The quantitative estimate of drug-likeness (QED) is 0.678. The first-order valence-corrected chi connectivity index (χ1v) is 8.92. The second-order valence-electron chi connectivity index (χ2n) is 5.50. The Kier molecular flexibility index (Phi) is 4.04. The highest BCUT2D eigenvalue weighted by atomic mass is 35.5. The summed E-state index contributed by atoms with van der Waals surface area (Å²) in [4.78, 5) is 18.6. The zero-order valence-electron chi connectivity index (χ0n) is 12.3. The number of hydrogen-bond acceptors (Lipinski definition) is 5. The van der Waals surface area contributed by atoms with Crippen molar-refractivity contribution in [2.45, 2.75) is 5.92 Å². The average Bonchev–Trinajstić information content (AvgIpc) is 3.18. The summed E-state index contributed by atoms with van der Waals surface area (Å²) in [5.41, 5.74) is 1.35. The lowest BCUT2D eigenvalue weighted by atomic mass is 9.98. The molecule has 3 aromatic rings. The number of aromatic nitrogens is 2. The number of carbonyl (C=O) groups is 1. The van der Waals surface area contributed by atoms with Crippen LogP contribution in [0.4, 0.5) is 0 Å². The summed E-state index contributed by atoms with van der Waals surface area (Å²) in [6.45, 7) is 1.04. The van der Waals surface area contributed by atoms with Gasteiger partial charge in [-0.3, -0.25) is 4.79 Å². The molecule has 1 aliphatic heterocycles. The number of nitrogens with zero attached hydrogens (tertiary/aromatic N) is 3. The van der Waals surface area contributed by atoms with Gasteiger partial charge in [0.25, 0.3) is 5.91 Å². The molecular formula is C16H11Cl2N3O2S. The van der Waals surface area contributed by atoms with Crippen LogP contribution in [-0.2, 0) is 0 Å². The second kappa shape index (κ2) is 6.20. The lowest BCUT2D eigenvalue weighted by Crippen LogP contribution is -2.48. The van der Waals surface area contributed by atoms with Gasteiger partial charge in [0.1, 0.15) is 0 Å². The molecule has 0 atom stereocenters. The number of hydrogen-bond donors (Lipinski definition) is 0. The van der Waals surface area contributed by atoms with Crippen LogP contribution < -0.4 is 0 Å². The third kappa shape index (κ3) is 2.81. The Bertz CT molecular complexity index is 889. The van der Waals surface area contributed by atoms with E-state index in [1.807, 2.05) is 16.8 Å². The number of benzene rings is 1. The van der Waals surface area contributed by atoms with Crippen LogP contribution in [-0.4, -0.2) is 34.0 Å². The van der Waals surface area contributed by atoms with Gasteiger partial charge < -0.3 is 9.42 Å². The molecule has 0 N–H and O–H groups in total. The first kappa shape index (κ1) is 15.6. The smallest absolute Gasteiger partial charge is 0.255 e. The molecule has 0 spiro atoms. The first-order valence-electron chi connectivity index (χ1n) is 7.22. The molecule has 1 saturated heterocycles. The van der Waals surface area contributed by atoms with E-state index in [1.54, 1.807) is 34.4 Å². The fraction of sp³-hybridized carbons (Fsp3) is 0.188. The summed E-state index contributed by atoms with van der Waals surface area (Å²) in [5, 5.41) is 8.80. The molecule has 8 heteroatoms. The molecular weight excluding hydrogens is 369 g/mol. The Labute approximate surface area is 151 Å².